The molecule has 0 fully saturated rings. The van der Waals surface area contributed by atoms with Crippen molar-refractivity contribution in [2.24, 2.45) is 0 Å². The van der Waals surface area contributed by atoms with E-state index in [9.17, 15) is 18.0 Å². The van der Waals surface area contributed by atoms with Crippen molar-refractivity contribution >= 4 is 50.7 Å². The topological polar surface area (TPSA) is 96.0 Å². The average molecular weight is 607 g/mol. The Morgan fingerprint density at radius 3 is 2.25 bits per heavy atom. The zero-order chi connectivity index (χ0) is 29.4. The highest BCUT2D eigenvalue weighted by Crippen LogP contribution is 2.35. The van der Waals surface area contributed by atoms with Gasteiger partial charge < -0.3 is 15.0 Å². The molecule has 3 aromatic rings. The molecule has 0 saturated heterocycles. The molecule has 0 aliphatic heterocycles. The van der Waals surface area contributed by atoms with Crippen molar-refractivity contribution in [3.63, 3.8) is 0 Å². The number of hydrogen-bond acceptors (Lipinski definition) is 5. The zero-order valence-electron chi connectivity index (χ0n) is 22.8. The third-order valence-electron chi connectivity index (χ3n) is 6.43. The van der Waals surface area contributed by atoms with Crippen LogP contribution in [0.2, 0.25) is 10.0 Å². The fraction of sp³-hybridized carbons (Fsp3) is 0.310. The van der Waals surface area contributed by atoms with Crippen LogP contribution < -0.4 is 14.4 Å². The van der Waals surface area contributed by atoms with E-state index in [-0.39, 0.29) is 39.8 Å². The van der Waals surface area contributed by atoms with Gasteiger partial charge in [-0.25, -0.2) is 8.42 Å². The summed E-state index contributed by atoms with van der Waals surface area (Å²) >= 11 is 12.4. The molecule has 0 spiro atoms. The Labute approximate surface area is 245 Å². The number of amides is 2. The highest BCUT2D eigenvalue weighted by atomic mass is 35.5. The lowest BCUT2D eigenvalue weighted by Crippen LogP contribution is -2.52. The van der Waals surface area contributed by atoms with Crippen LogP contribution in [0.3, 0.4) is 0 Å². The van der Waals surface area contributed by atoms with Gasteiger partial charge in [0, 0.05) is 22.6 Å². The molecule has 0 unspecified atom stereocenters. The minimum atomic E-state index is -4.26. The minimum Gasteiger partial charge on any atom is -0.495 e. The number of methoxy groups -OCH3 is 1. The van der Waals surface area contributed by atoms with Crippen LogP contribution in [0.25, 0.3) is 0 Å². The summed E-state index contributed by atoms with van der Waals surface area (Å²) in [6, 6.07) is 18.2. The van der Waals surface area contributed by atoms with Crippen LogP contribution >= 0.6 is 23.2 Å². The smallest absolute Gasteiger partial charge is 0.264 e. The second kappa shape index (κ2) is 13.9. The van der Waals surface area contributed by atoms with E-state index in [2.05, 4.69) is 5.32 Å². The predicted molar refractivity (Wildman–Crippen MR) is 158 cm³/mol. The maximum Gasteiger partial charge on any atom is 0.264 e. The second-order valence-corrected chi connectivity index (χ2v) is 12.0. The molecule has 0 radical (unpaired) electrons. The van der Waals surface area contributed by atoms with Gasteiger partial charge in [-0.05, 0) is 68.3 Å². The maximum atomic E-state index is 14.0. The van der Waals surface area contributed by atoms with E-state index in [0.717, 1.165) is 4.31 Å². The molecular formula is C29H33Cl2N3O5S. The number of sulfonamides is 1. The summed E-state index contributed by atoms with van der Waals surface area (Å²) in [6.07, 6.45) is 0.707. The molecule has 40 heavy (non-hydrogen) atoms. The first-order chi connectivity index (χ1) is 19.0. The summed E-state index contributed by atoms with van der Waals surface area (Å²) in [6.45, 7) is 4.83. The van der Waals surface area contributed by atoms with E-state index < -0.39 is 28.5 Å². The number of halogens is 2. The fourth-order valence-electron chi connectivity index (χ4n) is 3.97. The van der Waals surface area contributed by atoms with Crippen molar-refractivity contribution in [3.05, 3.63) is 88.4 Å². The largest absolute Gasteiger partial charge is 0.495 e. The van der Waals surface area contributed by atoms with Gasteiger partial charge in [0.15, 0.2) is 0 Å². The summed E-state index contributed by atoms with van der Waals surface area (Å²) in [7, 11) is -2.86. The van der Waals surface area contributed by atoms with E-state index >= 15 is 0 Å². The molecule has 2 atom stereocenters. The molecule has 8 nitrogen and oxygen atoms in total. The number of hydrogen-bond donors (Lipinski definition) is 1. The van der Waals surface area contributed by atoms with Gasteiger partial charge in [0.2, 0.25) is 11.8 Å². The standard InChI is InChI=1S/C29H33Cl2N3O5S/c1-5-20(2)32-29(36)21(3)33(18-22-10-9-11-23(30)16-22)28(35)19-34(26-17-24(31)14-15-27(26)39-4)40(37,38)25-12-7-6-8-13-25/h6-17,20-21H,5,18-19H2,1-4H3,(H,32,36)/t20-,21+/m1/s1. The molecule has 2 amide bonds. The lowest BCUT2D eigenvalue weighted by Gasteiger charge is -2.33. The third kappa shape index (κ3) is 7.68. The molecule has 0 saturated carbocycles. The molecule has 0 aromatic heterocycles. The number of nitrogens with one attached hydrogen (secondary N) is 1. The van der Waals surface area contributed by atoms with Gasteiger partial charge in [0.05, 0.1) is 17.7 Å². The van der Waals surface area contributed by atoms with Gasteiger partial charge in [0.25, 0.3) is 10.0 Å². The predicted octanol–water partition coefficient (Wildman–Crippen LogP) is 5.53. The second-order valence-electron chi connectivity index (χ2n) is 9.29. The van der Waals surface area contributed by atoms with E-state index in [4.69, 9.17) is 27.9 Å². The molecule has 0 heterocycles. The van der Waals surface area contributed by atoms with Crippen LogP contribution in [-0.2, 0) is 26.2 Å². The van der Waals surface area contributed by atoms with Crippen molar-refractivity contribution in [2.45, 2.75) is 50.7 Å². The summed E-state index contributed by atoms with van der Waals surface area (Å²) in [5.74, 6) is -0.753. The van der Waals surface area contributed by atoms with E-state index in [0.29, 0.717) is 17.0 Å². The first-order valence-corrected chi connectivity index (χ1v) is 14.9. The first-order valence-electron chi connectivity index (χ1n) is 12.7. The zero-order valence-corrected chi connectivity index (χ0v) is 25.1. The molecule has 1 N–H and O–H groups in total. The van der Waals surface area contributed by atoms with Gasteiger partial charge in [-0.2, -0.15) is 0 Å². The monoisotopic (exact) mass is 605 g/mol. The van der Waals surface area contributed by atoms with Crippen LogP contribution in [0.4, 0.5) is 5.69 Å². The van der Waals surface area contributed by atoms with Crippen molar-refractivity contribution in [1.82, 2.24) is 10.2 Å². The Bertz CT molecular complexity index is 1440. The Balaban J connectivity index is 2.08. The maximum absolute atomic E-state index is 14.0. The van der Waals surface area contributed by atoms with E-state index in [1.165, 1.54) is 36.3 Å². The molecule has 3 aromatic carbocycles. The number of nitrogens with zero attached hydrogens (tertiary/aromatic N) is 2. The minimum absolute atomic E-state index is 0.0196. The van der Waals surface area contributed by atoms with Crippen LogP contribution in [0.15, 0.2) is 77.7 Å². The van der Waals surface area contributed by atoms with Gasteiger partial charge in [-0.3, -0.25) is 13.9 Å². The number of ether oxygens (including phenoxy) is 1. The summed E-state index contributed by atoms with van der Waals surface area (Å²) < 4.78 is 34.2. The number of benzene rings is 3. The molecule has 0 aliphatic carbocycles. The Morgan fingerprint density at radius 2 is 1.62 bits per heavy atom. The number of carbonyl (C=O) groups excluding carboxylic acids is 2. The lowest BCUT2D eigenvalue weighted by atomic mass is 10.1. The number of rotatable bonds is 12. The Hall–Kier alpha value is -3.27. The van der Waals surface area contributed by atoms with Crippen LogP contribution in [0.5, 0.6) is 5.75 Å². The molecule has 214 valence electrons. The summed E-state index contributed by atoms with van der Waals surface area (Å²) in [5.41, 5.74) is 0.772. The van der Waals surface area contributed by atoms with Crippen molar-refractivity contribution < 1.29 is 22.7 Å². The lowest BCUT2D eigenvalue weighted by molar-refractivity contribution is -0.139. The van der Waals surface area contributed by atoms with Crippen molar-refractivity contribution in [3.8, 4) is 5.75 Å². The molecule has 0 aliphatic rings. The summed E-state index contributed by atoms with van der Waals surface area (Å²) in [4.78, 5) is 28.5. The average Bonchev–Trinajstić information content (AvgIpc) is 2.94. The summed E-state index contributed by atoms with van der Waals surface area (Å²) in [5, 5.41) is 3.63. The third-order valence-corrected chi connectivity index (χ3v) is 8.67. The normalized spacial score (nSPS) is 12.8. The molecule has 0 bridgehead atoms. The fourth-order valence-corrected chi connectivity index (χ4v) is 5.79. The van der Waals surface area contributed by atoms with Crippen molar-refractivity contribution in [1.29, 1.82) is 0 Å². The number of carbonyl (C=O) groups is 2. The molecule has 3 rings (SSSR count). The van der Waals surface area contributed by atoms with Gasteiger partial charge in [0.1, 0.15) is 18.3 Å². The van der Waals surface area contributed by atoms with E-state index in [1.807, 2.05) is 13.8 Å². The van der Waals surface area contributed by atoms with Gasteiger partial charge in [-0.1, -0.05) is 60.5 Å². The van der Waals surface area contributed by atoms with Crippen LogP contribution in [-0.4, -0.2) is 50.9 Å². The van der Waals surface area contributed by atoms with Crippen molar-refractivity contribution in [2.75, 3.05) is 18.0 Å². The Kier molecular flexibility index (Phi) is 10.8. The SMILES string of the molecule is CC[C@@H](C)NC(=O)[C@H](C)N(Cc1cccc(Cl)c1)C(=O)CN(c1cc(Cl)ccc1OC)S(=O)(=O)c1ccccc1. The van der Waals surface area contributed by atoms with Gasteiger partial charge in [-0.15, -0.1) is 0 Å². The molecular weight excluding hydrogens is 573 g/mol. The number of anilines is 1. The van der Waals surface area contributed by atoms with E-state index in [1.54, 1.807) is 55.5 Å². The highest BCUT2D eigenvalue weighted by Gasteiger charge is 2.34. The van der Waals surface area contributed by atoms with Crippen LogP contribution in [0, 0.1) is 0 Å². The first kappa shape index (κ1) is 31.3. The molecule has 11 heteroatoms. The highest BCUT2D eigenvalue weighted by molar-refractivity contribution is 7.92. The quantitative estimate of drug-likeness (QED) is 0.293. The Morgan fingerprint density at radius 1 is 0.950 bits per heavy atom. The van der Waals surface area contributed by atoms with Crippen LogP contribution in [0.1, 0.15) is 32.8 Å². The van der Waals surface area contributed by atoms with Gasteiger partial charge >= 0.3 is 0 Å².